The second-order valence-corrected chi connectivity index (χ2v) is 12.2. The van der Waals surface area contributed by atoms with E-state index in [-0.39, 0.29) is 50.2 Å². The van der Waals surface area contributed by atoms with Gasteiger partial charge < -0.3 is 5.11 Å². The van der Waals surface area contributed by atoms with Crippen molar-refractivity contribution in [1.82, 2.24) is 0 Å². The summed E-state index contributed by atoms with van der Waals surface area (Å²) in [6.45, 7) is 12.6. The molecule has 0 spiro atoms. The van der Waals surface area contributed by atoms with E-state index in [2.05, 4.69) is 40.7 Å². The van der Waals surface area contributed by atoms with E-state index in [1.165, 1.54) is 57.8 Å². The van der Waals surface area contributed by atoms with Crippen molar-refractivity contribution in [2.24, 2.45) is 46.3 Å². The summed E-state index contributed by atoms with van der Waals surface area (Å²) in [4.78, 5) is 0. The Morgan fingerprint density at radius 3 is 2.48 bits per heavy atom. The quantitative estimate of drug-likeness (QED) is 0.321. The molecule has 3 saturated carbocycles. The number of hydrogen-bond donors (Lipinski definition) is 1. The molecule has 6 unspecified atom stereocenters. The average Bonchev–Trinajstić information content (AvgIpc) is 2.99. The van der Waals surface area contributed by atoms with Crippen LogP contribution in [0.15, 0.2) is 11.6 Å². The van der Waals surface area contributed by atoms with E-state index in [4.69, 9.17) is 0 Å². The molecule has 0 aliphatic heterocycles. The maximum absolute atomic E-state index is 10.2. The van der Waals surface area contributed by atoms with Crippen molar-refractivity contribution in [2.45, 2.75) is 111 Å². The Bertz CT molecular complexity index is 597. The molecule has 29 heavy (non-hydrogen) atoms. The van der Waals surface area contributed by atoms with Crippen LogP contribution in [-0.2, 0) is 0 Å². The van der Waals surface area contributed by atoms with Gasteiger partial charge in [-0.1, -0.05) is 65.5 Å². The minimum absolute atomic E-state index is 0. The summed E-state index contributed by atoms with van der Waals surface area (Å²) < 4.78 is 0. The predicted molar refractivity (Wildman–Crippen MR) is 119 cm³/mol. The summed E-state index contributed by atoms with van der Waals surface area (Å²) in [5, 5.41) is 10.2. The molecule has 1 radical (unpaired) electrons. The van der Waals surface area contributed by atoms with E-state index in [1.54, 1.807) is 5.57 Å². The van der Waals surface area contributed by atoms with E-state index in [0.29, 0.717) is 10.8 Å². The first-order chi connectivity index (χ1) is 13.3. The van der Waals surface area contributed by atoms with Crippen LogP contribution in [-0.4, -0.2) is 11.2 Å². The maximum atomic E-state index is 10.2. The van der Waals surface area contributed by atoms with Gasteiger partial charge in [0.25, 0.3) is 0 Å². The van der Waals surface area contributed by atoms with Crippen LogP contribution in [0.2, 0.25) is 0 Å². The van der Waals surface area contributed by atoms with Gasteiger partial charge in [-0.25, -0.2) is 0 Å². The van der Waals surface area contributed by atoms with Crippen molar-refractivity contribution in [1.29, 1.82) is 0 Å². The van der Waals surface area contributed by atoms with Gasteiger partial charge in [0.05, 0.1) is 6.10 Å². The zero-order chi connectivity index (χ0) is 20.1. The number of rotatable bonds is 5. The summed E-state index contributed by atoms with van der Waals surface area (Å²) in [6.07, 6.45) is 17.2. The third kappa shape index (κ3) is 4.49. The van der Waals surface area contributed by atoms with Crippen molar-refractivity contribution < 1.29 is 49.2 Å². The molecule has 0 aromatic carbocycles. The van der Waals surface area contributed by atoms with Gasteiger partial charge in [-0.15, -0.1) is 0 Å². The summed E-state index contributed by atoms with van der Waals surface area (Å²) in [5.41, 5.74) is 2.60. The van der Waals surface area contributed by atoms with Gasteiger partial charge in [0, 0.05) is 44.1 Å². The summed E-state index contributed by atoms with van der Waals surface area (Å²) in [6, 6.07) is 0. The molecule has 0 saturated heterocycles. The Hall–Kier alpha value is 1.14. The van der Waals surface area contributed by atoms with Crippen LogP contribution in [0, 0.1) is 90.4 Å². The largest absolute Gasteiger partial charge is 0.393 e. The second kappa shape index (κ2) is 9.56. The molecule has 1 N–H and O–H groups in total. The third-order valence-corrected chi connectivity index (χ3v) is 10.3. The zero-order valence-corrected chi connectivity index (χ0v) is 24.7. The number of hydrogen-bond acceptors (Lipinski definition) is 1. The van der Waals surface area contributed by atoms with Gasteiger partial charge in [0.15, 0.2) is 0 Å². The first kappa shape index (κ1) is 24.8. The van der Waals surface area contributed by atoms with E-state index in [0.717, 1.165) is 48.3 Å². The SMILES string of the molecule is CC(C)CCCC(C)C1CCC2C3CC=C4CC(O)CC[C@]4(C)C3CC[C@]12C.[Ac]. The maximum Gasteiger partial charge on any atom is 0.0577 e. The van der Waals surface area contributed by atoms with Gasteiger partial charge in [-0.3, -0.25) is 0 Å². The molecule has 3 fully saturated rings. The van der Waals surface area contributed by atoms with Gasteiger partial charge in [0.2, 0.25) is 0 Å². The molecule has 0 aromatic heterocycles. The smallest absolute Gasteiger partial charge is 0.0577 e. The summed E-state index contributed by atoms with van der Waals surface area (Å²) >= 11 is 0. The Morgan fingerprint density at radius 1 is 1.00 bits per heavy atom. The molecule has 0 heterocycles. The molecular weight excluding hydrogens is 567 g/mol. The van der Waals surface area contributed by atoms with E-state index < -0.39 is 0 Å². The van der Waals surface area contributed by atoms with Gasteiger partial charge >= 0.3 is 0 Å². The predicted octanol–water partition coefficient (Wildman–Crippen LogP) is 7.39. The van der Waals surface area contributed by atoms with Crippen LogP contribution in [0.1, 0.15) is 105 Å². The fraction of sp³-hybridized carbons (Fsp3) is 0.926. The van der Waals surface area contributed by atoms with Crippen molar-refractivity contribution in [2.75, 3.05) is 0 Å². The van der Waals surface area contributed by atoms with Crippen LogP contribution < -0.4 is 0 Å². The van der Waals surface area contributed by atoms with E-state index in [1.807, 2.05) is 0 Å². The number of aliphatic hydroxyl groups excluding tert-OH is 1. The topological polar surface area (TPSA) is 20.2 Å². The molecule has 4 aliphatic rings. The van der Waals surface area contributed by atoms with Gasteiger partial charge in [-0.2, -0.15) is 0 Å². The molecule has 4 aliphatic carbocycles. The van der Waals surface area contributed by atoms with Crippen molar-refractivity contribution >= 4 is 0 Å². The number of aliphatic hydroxyl groups is 1. The molecular formula is C27H46AcO. The normalized spacial score (nSPS) is 44.9. The number of allylic oxidation sites excluding steroid dienone is 1. The zero-order valence-electron chi connectivity index (χ0n) is 19.9. The van der Waals surface area contributed by atoms with Crippen LogP contribution in [0.3, 0.4) is 0 Å². The van der Waals surface area contributed by atoms with Crippen molar-refractivity contribution in [3.63, 3.8) is 0 Å². The fourth-order valence-corrected chi connectivity index (χ4v) is 8.67. The van der Waals surface area contributed by atoms with Crippen LogP contribution >= 0.6 is 0 Å². The summed E-state index contributed by atoms with van der Waals surface area (Å²) in [7, 11) is 0. The van der Waals surface area contributed by atoms with E-state index >= 15 is 0 Å². The Morgan fingerprint density at radius 2 is 1.76 bits per heavy atom. The Balaban J connectivity index is 0.00000240. The van der Waals surface area contributed by atoms with Crippen LogP contribution in [0.4, 0.5) is 0 Å². The van der Waals surface area contributed by atoms with Crippen molar-refractivity contribution in [3.8, 4) is 0 Å². The second-order valence-electron chi connectivity index (χ2n) is 12.2. The Kier molecular flexibility index (Phi) is 8.17. The molecule has 163 valence electrons. The molecule has 8 atom stereocenters. The minimum atomic E-state index is -0.0766. The number of fused-ring (bicyclic) bond motifs is 5. The molecule has 0 bridgehead atoms. The van der Waals surface area contributed by atoms with E-state index in [9.17, 15) is 5.11 Å². The standard InChI is InChI=1S/C27H46O.Ac/c1-18(2)7-6-8-19(3)23-11-12-24-22-10-9-20-17-21(28)13-15-26(20,4)25(22)14-16-27(23,24)5;/h9,18-19,21-25,28H,6-8,10-17H2,1-5H3;/t19?,21?,22?,23?,24?,25?,26-,27+;/m0./s1. The first-order valence-corrected chi connectivity index (χ1v) is 12.6. The third-order valence-electron chi connectivity index (χ3n) is 10.3. The molecule has 0 aromatic rings. The summed E-state index contributed by atoms with van der Waals surface area (Å²) in [5.74, 6) is 5.46. The average molecular weight is 614 g/mol. The van der Waals surface area contributed by atoms with Crippen LogP contribution in [0.5, 0.6) is 0 Å². The van der Waals surface area contributed by atoms with Crippen molar-refractivity contribution in [3.05, 3.63) is 11.6 Å². The first-order valence-electron chi connectivity index (χ1n) is 12.6. The monoisotopic (exact) mass is 613 g/mol. The fourth-order valence-electron chi connectivity index (χ4n) is 8.67. The molecule has 1 nitrogen and oxygen atoms in total. The molecule has 4 rings (SSSR count). The van der Waals surface area contributed by atoms with Gasteiger partial charge in [0.1, 0.15) is 0 Å². The van der Waals surface area contributed by atoms with Crippen LogP contribution in [0.25, 0.3) is 0 Å². The minimum Gasteiger partial charge on any atom is -0.393 e. The van der Waals surface area contributed by atoms with Gasteiger partial charge in [-0.05, 0) is 97.7 Å². The Labute approximate surface area is 216 Å². The molecule has 2 heteroatoms. The molecule has 0 amide bonds.